The smallest absolute Gasteiger partial charge is 0.273 e. The molecule has 0 fully saturated rings. The average Bonchev–Trinajstić information content (AvgIpc) is 1.87. The lowest BCUT2D eigenvalue weighted by Crippen LogP contribution is -2.08. The van der Waals surface area contributed by atoms with Crippen LogP contribution >= 0.6 is 0 Å². The van der Waals surface area contributed by atoms with Crippen LogP contribution in [0, 0.1) is 0 Å². The zero-order valence-corrected chi connectivity index (χ0v) is 6.06. The maximum Gasteiger partial charge on any atom is 0.286 e. The summed E-state index contributed by atoms with van der Waals surface area (Å²) in [5.41, 5.74) is 2.35. The lowest BCUT2D eigenvalue weighted by Gasteiger charge is -1.77. The maximum atomic E-state index is 10.2. The summed E-state index contributed by atoms with van der Waals surface area (Å²) < 4.78 is 1.00. The predicted octanol–water partition coefficient (Wildman–Crippen LogP) is -1.55. The molecule has 0 bridgehead atoms. The van der Waals surface area contributed by atoms with E-state index in [1.165, 1.54) is 0 Å². The van der Waals surface area contributed by atoms with Gasteiger partial charge in [0.15, 0.2) is 0 Å². The van der Waals surface area contributed by atoms with E-state index in [-0.39, 0.29) is 5.91 Å². The molecule has 0 spiro atoms. The Morgan fingerprint density at radius 1 is 1.86 bits per heavy atom. The first-order valence-corrected chi connectivity index (χ1v) is 3.11. The predicted molar refractivity (Wildman–Crippen MR) is 28.7 cm³/mol. The van der Waals surface area contributed by atoms with E-state index in [4.69, 9.17) is 0 Å². The number of hydrogen-bond donors (Lipinski definition) is 1. The van der Waals surface area contributed by atoms with Crippen LogP contribution in [0.5, 0.6) is 0 Å². The van der Waals surface area contributed by atoms with Gasteiger partial charge in [-0.3, -0.25) is 4.79 Å². The van der Waals surface area contributed by atoms with Crippen LogP contribution in [-0.2, 0) is 4.79 Å². The van der Waals surface area contributed by atoms with E-state index >= 15 is 0 Å². The number of hydrogen-bond acceptors (Lipinski definition) is 2. The second-order valence-electron chi connectivity index (χ2n) is 1.56. The highest BCUT2D eigenvalue weighted by molar-refractivity contribution is 6.62. The van der Waals surface area contributed by atoms with E-state index in [0.29, 0.717) is 6.42 Å². The Morgan fingerprint density at radius 3 is 2.71 bits per heavy atom. The van der Waals surface area contributed by atoms with Gasteiger partial charge in [0.25, 0.3) is 16.3 Å². The summed E-state index contributed by atoms with van der Waals surface area (Å²) in [5, 5.41) is 3.70. The van der Waals surface area contributed by atoms with Gasteiger partial charge in [-0.05, 0) is 4.57 Å². The number of amides is 1. The van der Waals surface area contributed by atoms with Crippen molar-refractivity contribution in [2.45, 2.75) is 6.42 Å². The first kappa shape index (κ1) is 4.82. The Bertz CT molecular complexity index is 131. The van der Waals surface area contributed by atoms with Crippen molar-refractivity contribution in [3.8, 4) is 0 Å². The van der Waals surface area contributed by atoms with Crippen molar-refractivity contribution in [2.75, 3.05) is 0 Å². The molecule has 36 valence electrons. The highest BCUT2D eigenvalue weighted by atomic mass is 27.0. The van der Waals surface area contributed by atoms with Crippen LogP contribution in [0.25, 0.3) is 0 Å². The molecular formula is C3H5AlN2O. The van der Waals surface area contributed by atoms with E-state index in [0.717, 1.165) is 20.9 Å². The minimum absolute atomic E-state index is 0.0324. The molecule has 0 aromatic carbocycles. The average molecular weight is 112 g/mol. The van der Waals surface area contributed by atoms with Crippen molar-refractivity contribution in [1.82, 2.24) is 5.43 Å². The Kier molecular flexibility index (Phi) is 1.13. The van der Waals surface area contributed by atoms with Crippen LogP contribution in [-0.4, -0.2) is 26.8 Å². The van der Waals surface area contributed by atoms with Crippen molar-refractivity contribution >= 4 is 26.8 Å². The topological polar surface area (TPSA) is 41.5 Å². The van der Waals surface area contributed by atoms with E-state index in [1.807, 2.05) is 0 Å². The molecular weight excluding hydrogens is 107 g/mol. The lowest BCUT2D eigenvalue weighted by molar-refractivity contribution is -0.119. The number of rotatable bonds is 0. The van der Waals surface area contributed by atoms with Crippen LogP contribution < -0.4 is 5.43 Å². The highest BCUT2D eigenvalue weighted by Gasteiger charge is 2.07. The molecule has 0 aliphatic carbocycles. The van der Waals surface area contributed by atoms with E-state index < -0.39 is 0 Å². The third-order valence-corrected chi connectivity index (χ3v) is 1.37. The molecule has 0 saturated heterocycles. The third kappa shape index (κ3) is 1.02. The Labute approximate surface area is 49.2 Å². The maximum absolute atomic E-state index is 10.2. The summed E-state index contributed by atoms with van der Waals surface area (Å²) in [5.74, 6) is 0.0324. The zero-order chi connectivity index (χ0) is 5.28. The Hall–Kier alpha value is -0.328. The van der Waals surface area contributed by atoms with Gasteiger partial charge in [0.2, 0.25) is 5.91 Å². The van der Waals surface area contributed by atoms with Crippen LogP contribution in [0.4, 0.5) is 0 Å². The monoisotopic (exact) mass is 112 g/mol. The second-order valence-corrected chi connectivity index (χ2v) is 2.71. The van der Waals surface area contributed by atoms with Gasteiger partial charge in [0.1, 0.15) is 0 Å². The molecule has 7 heavy (non-hydrogen) atoms. The first-order valence-electron chi connectivity index (χ1n) is 2.11. The molecule has 1 heterocycles. The number of nitrogens with one attached hydrogen (secondary N) is 1. The minimum atomic E-state index is 0.0324. The molecule has 1 amide bonds. The van der Waals surface area contributed by atoms with Crippen LogP contribution in [0.2, 0.25) is 0 Å². The van der Waals surface area contributed by atoms with Gasteiger partial charge in [-0.15, -0.1) is 0 Å². The molecule has 3 nitrogen and oxygen atoms in total. The van der Waals surface area contributed by atoms with E-state index in [9.17, 15) is 4.79 Å². The molecule has 0 aromatic rings. The fourth-order valence-electron chi connectivity index (χ4n) is 0.469. The lowest BCUT2D eigenvalue weighted by atomic mass is 10.5. The minimum Gasteiger partial charge on any atom is -0.273 e. The SMILES string of the molecule is O=C1C[C]([AlH2])=NN1. The summed E-state index contributed by atoms with van der Waals surface area (Å²) in [4.78, 5) is 10.2. The molecule has 0 saturated carbocycles. The number of nitrogens with zero attached hydrogens (tertiary/aromatic N) is 1. The van der Waals surface area contributed by atoms with Gasteiger partial charge >= 0.3 is 0 Å². The van der Waals surface area contributed by atoms with Gasteiger partial charge in [0, 0.05) is 0 Å². The third-order valence-electron chi connectivity index (χ3n) is 0.788. The van der Waals surface area contributed by atoms with E-state index in [1.54, 1.807) is 0 Å². The summed E-state index contributed by atoms with van der Waals surface area (Å²) in [6.45, 7) is 0. The second kappa shape index (κ2) is 1.65. The fraction of sp³-hybridized carbons (Fsp3) is 0.333. The fourth-order valence-corrected chi connectivity index (χ4v) is 0.902. The normalized spacial score (nSPS) is 18.9. The molecule has 1 aliphatic rings. The molecule has 0 radical (unpaired) electrons. The van der Waals surface area contributed by atoms with E-state index in [2.05, 4.69) is 10.5 Å². The molecule has 1 N–H and O–H groups in total. The van der Waals surface area contributed by atoms with Crippen molar-refractivity contribution in [1.29, 1.82) is 0 Å². The first-order chi connectivity index (χ1) is 3.29. The summed E-state index contributed by atoms with van der Waals surface area (Å²) in [6.07, 6.45) is 0.534. The molecule has 1 rings (SSSR count). The summed E-state index contributed by atoms with van der Waals surface area (Å²) in [6, 6.07) is 0. The summed E-state index contributed by atoms with van der Waals surface area (Å²) in [7, 11) is 0. The van der Waals surface area contributed by atoms with Crippen molar-refractivity contribution < 1.29 is 4.79 Å². The quantitative estimate of drug-likeness (QED) is 0.379. The molecule has 0 unspecified atom stereocenters. The summed E-state index contributed by atoms with van der Waals surface area (Å²) >= 11 is 0.908. The van der Waals surface area contributed by atoms with Crippen molar-refractivity contribution in [2.24, 2.45) is 5.10 Å². The largest absolute Gasteiger partial charge is 0.286 e. The molecule has 1 aliphatic heterocycles. The zero-order valence-electron chi connectivity index (χ0n) is 4.06. The van der Waals surface area contributed by atoms with Crippen molar-refractivity contribution in [3.05, 3.63) is 0 Å². The van der Waals surface area contributed by atoms with Gasteiger partial charge in [-0.2, -0.15) is 0 Å². The number of carbonyl (C=O) groups excluding carboxylic acids is 1. The van der Waals surface area contributed by atoms with Gasteiger partial charge in [0.05, 0.1) is 6.42 Å². The Morgan fingerprint density at radius 2 is 2.57 bits per heavy atom. The molecule has 4 heteroatoms. The molecule has 0 aromatic heterocycles. The van der Waals surface area contributed by atoms with Gasteiger partial charge in [-0.1, -0.05) is 0 Å². The van der Waals surface area contributed by atoms with Crippen LogP contribution in [0.1, 0.15) is 6.42 Å². The standard InChI is InChI=1S/C3H3N2O.Al.2H/c6-3-1-2-4-5-3;;;/h1H2,(H,5,6);;;. The van der Waals surface area contributed by atoms with Gasteiger partial charge in [-0.25, -0.2) is 10.5 Å². The molecule has 0 atom stereocenters. The highest BCUT2D eigenvalue weighted by Crippen LogP contribution is 1.88. The Balaban J connectivity index is 2.58. The van der Waals surface area contributed by atoms with Crippen molar-refractivity contribution in [3.63, 3.8) is 0 Å². The van der Waals surface area contributed by atoms with Crippen LogP contribution in [0.15, 0.2) is 5.10 Å². The van der Waals surface area contributed by atoms with Crippen LogP contribution in [0.3, 0.4) is 0 Å². The number of carbonyl (C=O) groups is 1. The number of hydrazone groups is 1. The van der Waals surface area contributed by atoms with Gasteiger partial charge < -0.3 is 0 Å².